The molecule has 0 spiro atoms. The molecule has 2 fully saturated rings. The van der Waals surface area contributed by atoms with Gasteiger partial charge in [0, 0.05) is 17.8 Å². The van der Waals surface area contributed by atoms with Crippen molar-refractivity contribution in [2.24, 2.45) is 23.7 Å². The number of hydrogen-bond donors (Lipinski definition) is 2. The van der Waals surface area contributed by atoms with Crippen LogP contribution in [0.25, 0.3) is 0 Å². The molecule has 1 aromatic rings. The van der Waals surface area contributed by atoms with Gasteiger partial charge in [0.2, 0.25) is 11.8 Å². The molecule has 9 heteroatoms. The van der Waals surface area contributed by atoms with Crippen molar-refractivity contribution in [3.8, 4) is 0 Å². The molecule has 0 aromatic heterocycles. The Bertz CT molecular complexity index is 911. The number of urea groups is 1. The fourth-order valence-electron chi connectivity index (χ4n) is 4.79. The molecule has 1 heterocycles. The zero-order valence-corrected chi connectivity index (χ0v) is 16.1. The molecular formula is C20H22N4O5. The van der Waals surface area contributed by atoms with Gasteiger partial charge in [-0.3, -0.25) is 24.6 Å². The fourth-order valence-corrected chi connectivity index (χ4v) is 4.79. The summed E-state index contributed by atoms with van der Waals surface area (Å²) in [5.74, 6) is -0.909. The summed E-state index contributed by atoms with van der Waals surface area (Å²) in [5.41, 5.74) is 0.875. The number of aryl methyl sites for hydroxylation is 1. The average Bonchev–Trinajstić information content (AvgIpc) is 2.97. The van der Waals surface area contributed by atoms with Crippen molar-refractivity contribution in [2.45, 2.75) is 32.9 Å². The first kappa shape index (κ1) is 19.1. The molecule has 0 radical (unpaired) electrons. The van der Waals surface area contributed by atoms with Crippen LogP contribution in [-0.4, -0.2) is 33.8 Å². The monoisotopic (exact) mass is 398 g/mol. The van der Waals surface area contributed by atoms with Crippen LogP contribution in [0.3, 0.4) is 0 Å². The second kappa shape index (κ2) is 6.98. The number of nitrogens with zero attached hydrogens (tertiary/aromatic N) is 2. The molecule has 2 N–H and O–H groups in total. The minimum absolute atomic E-state index is 0.0686. The second-order valence-corrected chi connectivity index (χ2v) is 7.92. The summed E-state index contributed by atoms with van der Waals surface area (Å²) in [6.45, 7) is 3.25. The third kappa shape index (κ3) is 3.16. The first-order valence-electron chi connectivity index (χ1n) is 9.65. The van der Waals surface area contributed by atoms with Gasteiger partial charge in [-0.2, -0.15) is 0 Å². The van der Waals surface area contributed by atoms with Crippen molar-refractivity contribution in [1.29, 1.82) is 0 Å². The van der Waals surface area contributed by atoms with Crippen LogP contribution in [0.1, 0.15) is 25.3 Å². The van der Waals surface area contributed by atoms with Gasteiger partial charge in [-0.25, -0.2) is 4.79 Å². The van der Waals surface area contributed by atoms with Crippen molar-refractivity contribution in [3.05, 3.63) is 46.0 Å². The number of allylic oxidation sites excluding steroid dienone is 2. The first-order chi connectivity index (χ1) is 13.8. The number of benzene rings is 1. The smallest absolute Gasteiger partial charge is 0.317 e. The van der Waals surface area contributed by atoms with Gasteiger partial charge in [-0.15, -0.1) is 0 Å². The van der Waals surface area contributed by atoms with E-state index in [0.717, 1.165) is 12.8 Å². The number of hydrogen-bond acceptors (Lipinski definition) is 5. The minimum Gasteiger partial charge on any atom is -0.317 e. The highest BCUT2D eigenvalue weighted by Crippen LogP contribution is 2.49. The maximum Gasteiger partial charge on any atom is 0.320 e. The number of carbonyl (C=O) groups is 3. The third-order valence-corrected chi connectivity index (χ3v) is 6.19. The number of carbonyl (C=O) groups excluding carboxylic acids is 3. The number of fused-ring (bicyclic) bond motifs is 1. The van der Waals surface area contributed by atoms with Gasteiger partial charge in [0.15, 0.2) is 0 Å². The van der Waals surface area contributed by atoms with E-state index < -0.39 is 17.1 Å². The summed E-state index contributed by atoms with van der Waals surface area (Å²) in [7, 11) is 0. The Kier molecular flexibility index (Phi) is 4.60. The molecule has 152 valence electrons. The zero-order valence-electron chi connectivity index (χ0n) is 16.1. The molecule has 4 aliphatic rings. The van der Waals surface area contributed by atoms with E-state index >= 15 is 0 Å². The fraction of sp³-hybridized carbons (Fsp3) is 0.450. The summed E-state index contributed by atoms with van der Waals surface area (Å²) in [4.78, 5) is 49.7. The number of likely N-dealkylation sites (tertiary alicyclic amines) is 1. The van der Waals surface area contributed by atoms with E-state index in [1.807, 2.05) is 12.2 Å². The number of imide groups is 1. The second-order valence-electron chi connectivity index (χ2n) is 7.92. The summed E-state index contributed by atoms with van der Waals surface area (Å²) in [6.07, 6.45) is 5.13. The molecule has 1 aliphatic heterocycles. The third-order valence-electron chi connectivity index (χ3n) is 6.19. The van der Waals surface area contributed by atoms with E-state index in [4.69, 9.17) is 0 Å². The Hall–Kier alpha value is -3.23. The molecule has 3 aliphatic carbocycles. The summed E-state index contributed by atoms with van der Waals surface area (Å²) in [5, 5.41) is 16.1. The molecule has 5 rings (SSSR count). The van der Waals surface area contributed by atoms with Crippen LogP contribution in [-0.2, 0) is 9.59 Å². The van der Waals surface area contributed by atoms with Gasteiger partial charge in [0.1, 0.15) is 6.17 Å². The molecule has 5 unspecified atom stereocenters. The number of anilines is 1. The highest BCUT2D eigenvalue weighted by Gasteiger charge is 2.57. The summed E-state index contributed by atoms with van der Waals surface area (Å²) < 4.78 is 0. The van der Waals surface area contributed by atoms with Crippen LogP contribution < -0.4 is 10.6 Å². The molecule has 4 amide bonds. The van der Waals surface area contributed by atoms with Gasteiger partial charge in [0.25, 0.3) is 5.69 Å². The van der Waals surface area contributed by atoms with Gasteiger partial charge in [0.05, 0.1) is 16.8 Å². The van der Waals surface area contributed by atoms with Gasteiger partial charge < -0.3 is 10.6 Å². The van der Waals surface area contributed by atoms with E-state index in [1.165, 1.54) is 23.1 Å². The highest BCUT2D eigenvalue weighted by atomic mass is 16.6. The summed E-state index contributed by atoms with van der Waals surface area (Å²) in [6, 6.07) is 3.51. The Morgan fingerprint density at radius 3 is 2.24 bits per heavy atom. The number of nitro benzene ring substituents is 1. The predicted octanol–water partition coefficient (Wildman–Crippen LogP) is 2.57. The predicted molar refractivity (Wildman–Crippen MR) is 104 cm³/mol. The number of nitro groups is 1. The van der Waals surface area contributed by atoms with E-state index in [9.17, 15) is 24.5 Å². The lowest BCUT2D eigenvalue weighted by Gasteiger charge is -2.38. The Balaban J connectivity index is 1.44. The van der Waals surface area contributed by atoms with Gasteiger partial charge in [-0.1, -0.05) is 12.2 Å². The van der Waals surface area contributed by atoms with E-state index in [2.05, 4.69) is 10.6 Å². The van der Waals surface area contributed by atoms with Crippen LogP contribution in [0, 0.1) is 40.7 Å². The molecule has 2 bridgehead atoms. The number of rotatable bonds is 4. The standard InChI is InChI=1S/C20H22N4O5/c1-10-9-14(24(28)29)7-8-15(10)22-20(27)21-11(2)23-18(25)16-12-3-4-13(6-5-12)17(16)19(23)26/h3-4,7-9,11-13,16-17H,5-6H2,1-2H3,(H2,21,22,27). The lowest BCUT2D eigenvalue weighted by Crippen LogP contribution is -2.50. The van der Waals surface area contributed by atoms with E-state index in [0.29, 0.717) is 11.3 Å². The molecule has 1 saturated heterocycles. The number of amides is 4. The topological polar surface area (TPSA) is 122 Å². The van der Waals surface area contributed by atoms with Crippen LogP contribution in [0.5, 0.6) is 0 Å². The van der Waals surface area contributed by atoms with Crippen LogP contribution >= 0.6 is 0 Å². The quantitative estimate of drug-likeness (QED) is 0.349. The SMILES string of the molecule is Cc1cc([N+](=O)[O-])ccc1NC(=O)NC(C)N1C(=O)C2C3C=CC(CC3)C2C1=O. The Morgan fingerprint density at radius 1 is 1.17 bits per heavy atom. The lowest BCUT2D eigenvalue weighted by molar-refractivity contribution is -0.384. The van der Waals surface area contributed by atoms with Crippen LogP contribution in [0.15, 0.2) is 30.4 Å². The minimum atomic E-state index is -0.793. The Labute approximate surface area is 167 Å². The summed E-state index contributed by atoms with van der Waals surface area (Å²) >= 11 is 0. The lowest BCUT2D eigenvalue weighted by atomic mass is 9.63. The van der Waals surface area contributed by atoms with Gasteiger partial charge in [-0.05, 0) is 50.2 Å². The number of non-ortho nitro benzene ring substituents is 1. The molecular weight excluding hydrogens is 376 g/mol. The normalized spacial score (nSPS) is 28.3. The van der Waals surface area contributed by atoms with Crippen molar-refractivity contribution >= 4 is 29.2 Å². The first-order valence-corrected chi connectivity index (χ1v) is 9.65. The van der Waals surface area contributed by atoms with Crippen LogP contribution in [0.2, 0.25) is 0 Å². The maximum absolute atomic E-state index is 12.9. The molecule has 5 atom stereocenters. The van der Waals surface area contributed by atoms with Crippen molar-refractivity contribution < 1.29 is 19.3 Å². The van der Waals surface area contributed by atoms with Crippen molar-refractivity contribution in [1.82, 2.24) is 10.2 Å². The molecule has 9 nitrogen and oxygen atoms in total. The van der Waals surface area contributed by atoms with E-state index in [-0.39, 0.29) is 41.2 Å². The molecule has 29 heavy (non-hydrogen) atoms. The van der Waals surface area contributed by atoms with Crippen molar-refractivity contribution in [3.63, 3.8) is 0 Å². The Morgan fingerprint density at radius 2 is 1.76 bits per heavy atom. The van der Waals surface area contributed by atoms with Crippen LogP contribution in [0.4, 0.5) is 16.2 Å². The number of nitrogens with one attached hydrogen (secondary N) is 2. The van der Waals surface area contributed by atoms with Gasteiger partial charge >= 0.3 is 6.03 Å². The molecule has 1 aromatic carbocycles. The zero-order chi connectivity index (χ0) is 20.9. The molecule has 1 saturated carbocycles. The largest absolute Gasteiger partial charge is 0.320 e. The average molecular weight is 398 g/mol. The maximum atomic E-state index is 12.9. The highest BCUT2D eigenvalue weighted by molar-refractivity contribution is 6.06. The van der Waals surface area contributed by atoms with E-state index in [1.54, 1.807) is 13.8 Å². The van der Waals surface area contributed by atoms with Crippen molar-refractivity contribution in [2.75, 3.05) is 5.32 Å².